The van der Waals surface area contributed by atoms with E-state index in [1.165, 1.54) is 12.1 Å². The molecule has 0 unspecified atom stereocenters. The van der Waals surface area contributed by atoms with E-state index in [4.69, 9.17) is 4.74 Å². The van der Waals surface area contributed by atoms with E-state index in [0.717, 1.165) is 12.8 Å². The second-order valence-electron chi connectivity index (χ2n) is 7.79. The van der Waals surface area contributed by atoms with Gasteiger partial charge in [0.25, 0.3) is 11.8 Å². The van der Waals surface area contributed by atoms with Crippen molar-refractivity contribution in [3.63, 3.8) is 0 Å². The summed E-state index contributed by atoms with van der Waals surface area (Å²) in [6.45, 7) is -0.345. The molecule has 6 nitrogen and oxygen atoms in total. The van der Waals surface area contributed by atoms with Crippen LogP contribution in [0.3, 0.4) is 0 Å². The molecule has 0 atom stereocenters. The minimum atomic E-state index is -0.728. The van der Waals surface area contributed by atoms with Gasteiger partial charge in [0, 0.05) is 23.7 Å². The van der Waals surface area contributed by atoms with Crippen LogP contribution in [-0.2, 0) is 16.1 Å². The van der Waals surface area contributed by atoms with Crippen LogP contribution in [0, 0.1) is 5.82 Å². The van der Waals surface area contributed by atoms with Gasteiger partial charge in [-0.3, -0.25) is 9.59 Å². The van der Waals surface area contributed by atoms with Crippen LogP contribution in [0.1, 0.15) is 39.1 Å². The molecule has 0 saturated heterocycles. The van der Waals surface area contributed by atoms with Crippen molar-refractivity contribution in [3.05, 3.63) is 101 Å². The van der Waals surface area contributed by atoms with Gasteiger partial charge in [-0.25, -0.2) is 9.18 Å². The van der Waals surface area contributed by atoms with E-state index < -0.39 is 12.6 Å². The summed E-state index contributed by atoms with van der Waals surface area (Å²) >= 11 is 0. The second-order valence-corrected chi connectivity index (χ2v) is 7.79. The third kappa shape index (κ3) is 5.63. The third-order valence-corrected chi connectivity index (χ3v) is 5.36. The lowest BCUT2D eigenvalue weighted by molar-refractivity contribution is -0.135. The first-order chi connectivity index (χ1) is 16.0. The monoisotopic (exact) mass is 446 g/mol. The Bertz CT molecular complexity index is 1160. The second kappa shape index (κ2) is 10.1. The molecule has 1 aliphatic rings. The number of carbonyl (C=O) groups is 3. The molecule has 4 rings (SSSR count). The molecule has 1 aliphatic carbocycles. The number of rotatable bonds is 8. The minimum Gasteiger partial charge on any atom is -0.452 e. The number of esters is 1. The zero-order valence-corrected chi connectivity index (χ0v) is 17.9. The van der Waals surface area contributed by atoms with E-state index in [-0.39, 0.29) is 41.5 Å². The molecular formula is C26H23FN2O4. The van der Waals surface area contributed by atoms with Gasteiger partial charge in [0.1, 0.15) is 5.82 Å². The molecule has 0 bridgehead atoms. The third-order valence-electron chi connectivity index (χ3n) is 5.36. The minimum absolute atomic E-state index is 0.0215. The first-order valence-corrected chi connectivity index (χ1v) is 10.7. The maximum absolute atomic E-state index is 14.0. The maximum Gasteiger partial charge on any atom is 0.340 e. The van der Waals surface area contributed by atoms with Crippen LogP contribution in [0.2, 0.25) is 0 Å². The Balaban J connectivity index is 1.40. The van der Waals surface area contributed by atoms with Crippen LogP contribution in [0.5, 0.6) is 0 Å². The summed E-state index contributed by atoms with van der Waals surface area (Å²) in [6, 6.07) is 21.4. The van der Waals surface area contributed by atoms with E-state index in [0.29, 0.717) is 11.1 Å². The van der Waals surface area contributed by atoms with Gasteiger partial charge in [-0.2, -0.15) is 0 Å². The van der Waals surface area contributed by atoms with Crippen LogP contribution < -0.4 is 5.32 Å². The number of benzene rings is 3. The topological polar surface area (TPSA) is 75.7 Å². The van der Waals surface area contributed by atoms with E-state index in [9.17, 15) is 18.8 Å². The molecule has 1 saturated carbocycles. The predicted molar refractivity (Wildman–Crippen MR) is 121 cm³/mol. The molecule has 0 aromatic heterocycles. The van der Waals surface area contributed by atoms with Crippen molar-refractivity contribution in [1.29, 1.82) is 0 Å². The fourth-order valence-electron chi connectivity index (χ4n) is 3.46. The lowest BCUT2D eigenvalue weighted by Gasteiger charge is -2.22. The normalized spacial score (nSPS) is 12.6. The molecule has 33 heavy (non-hydrogen) atoms. The van der Waals surface area contributed by atoms with Gasteiger partial charge in [0.2, 0.25) is 0 Å². The highest BCUT2D eigenvalue weighted by Crippen LogP contribution is 2.29. The highest BCUT2D eigenvalue weighted by molar-refractivity contribution is 6.08. The summed E-state index contributed by atoms with van der Waals surface area (Å²) in [5.41, 5.74) is 1.29. The van der Waals surface area contributed by atoms with Crippen LogP contribution in [0.15, 0.2) is 78.9 Å². The Morgan fingerprint density at radius 1 is 0.909 bits per heavy atom. The number of para-hydroxylation sites is 1. The van der Waals surface area contributed by atoms with Crippen LogP contribution in [0.25, 0.3) is 0 Å². The Kier molecular flexibility index (Phi) is 6.78. The number of nitrogens with one attached hydrogen (secondary N) is 1. The fraction of sp³-hybridized carbons (Fsp3) is 0.192. The van der Waals surface area contributed by atoms with E-state index in [1.807, 2.05) is 0 Å². The number of amides is 2. The summed E-state index contributed by atoms with van der Waals surface area (Å²) in [6.07, 6.45) is 1.67. The molecule has 1 N–H and O–H groups in total. The van der Waals surface area contributed by atoms with Crippen molar-refractivity contribution >= 4 is 23.5 Å². The lowest BCUT2D eigenvalue weighted by Crippen LogP contribution is -2.36. The van der Waals surface area contributed by atoms with Gasteiger partial charge in [-0.15, -0.1) is 0 Å². The zero-order valence-electron chi connectivity index (χ0n) is 17.9. The van der Waals surface area contributed by atoms with E-state index >= 15 is 0 Å². The summed E-state index contributed by atoms with van der Waals surface area (Å²) in [7, 11) is 0. The molecule has 1 fully saturated rings. The van der Waals surface area contributed by atoms with Crippen LogP contribution in [0.4, 0.5) is 10.1 Å². The van der Waals surface area contributed by atoms with Gasteiger partial charge in [0.15, 0.2) is 6.61 Å². The average Bonchev–Trinajstić information content (AvgIpc) is 3.68. The average molecular weight is 446 g/mol. The number of halogens is 1. The molecule has 3 aromatic rings. The number of carbonyl (C=O) groups excluding carboxylic acids is 3. The summed E-state index contributed by atoms with van der Waals surface area (Å²) < 4.78 is 19.3. The zero-order chi connectivity index (χ0) is 23.2. The predicted octanol–water partition coefficient (Wildman–Crippen LogP) is 4.43. The quantitative estimate of drug-likeness (QED) is 0.520. The number of hydrogen-bond acceptors (Lipinski definition) is 4. The number of hydrogen-bond donors (Lipinski definition) is 1. The van der Waals surface area contributed by atoms with Gasteiger partial charge < -0.3 is 15.0 Å². The molecule has 3 aromatic carbocycles. The molecular weight excluding hydrogens is 423 g/mol. The van der Waals surface area contributed by atoms with Crippen molar-refractivity contribution in [2.24, 2.45) is 0 Å². The number of anilines is 1. The largest absolute Gasteiger partial charge is 0.452 e. The Labute approximate surface area is 191 Å². The standard InChI is InChI=1S/C26H23FN2O4/c27-22-12-6-4-10-19(22)16-29(20-14-15-20)24(30)17-33-26(32)21-11-5-7-13-23(21)28-25(31)18-8-2-1-3-9-18/h1-13,20H,14-17H2,(H,28,31). The summed E-state index contributed by atoms with van der Waals surface area (Å²) in [4.78, 5) is 39.5. The van der Waals surface area contributed by atoms with Crippen molar-refractivity contribution < 1.29 is 23.5 Å². The number of ether oxygens (including phenoxy) is 1. The Hall–Kier alpha value is -4.00. The van der Waals surface area contributed by atoms with Gasteiger partial charge in [-0.05, 0) is 43.2 Å². The van der Waals surface area contributed by atoms with Crippen molar-refractivity contribution in [1.82, 2.24) is 4.90 Å². The maximum atomic E-state index is 14.0. The van der Waals surface area contributed by atoms with Gasteiger partial charge in [0.05, 0.1) is 11.3 Å². The molecule has 0 heterocycles. The van der Waals surface area contributed by atoms with Crippen LogP contribution >= 0.6 is 0 Å². The van der Waals surface area contributed by atoms with E-state index in [1.54, 1.807) is 71.6 Å². The number of nitrogens with zero attached hydrogens (tertiary/aromatic N) is 1. The SMILES string of the molecule is O=C(Nc1ccccc1C(=O)OCC(=O)N(Cc1ccccc1F)C1CC1)c1ccccc1. The van der Waals surface area contributed by atoms with Crippen LogP contribution in [-0.4, -0.2) is 35.3 Å². The first-order valence-electron chi connectivity index (χ1n) is 10.7. The van der Waals surface area contributed by atoms with Gasteiger partial charge >= 0.3 is 5.97 Å². The summed E-state index contributed by atoms with van der Waals surface area (Å²) in [5, 5.41) is 2.71. The molecule has 7 heteroatoms. The summed E-state index contributed by atoms with van der Waals surface area (Å²) in [5.74, 6) is -1.86. The fourth-order valence-corrected chi connectivity index (χ4v) is 3.46. The lowest BCUT2D eigenvalue weighted by atomic mass is 10.1. The van der Waals surface area contributed by atoms with Gasteiger partial charge in [-0.1, -0.05) is 48.5 Å². The molecule has 2 amide bonds. The Morgan fingerprint density at radius 3 is 2.30 bits per heavy atom. The van der Waals surface area contributed by atoms with Crippen molar-refractivity contribution in [3.8, 4) is 0 Å². The first kappa shape index (κ1) is 22.2. The molecule has 0 aliphatic heterocycles. The van der Waals surface area contributed by atoms with E-state index in [2.05, 4.69) is 5.32 Å². The molecule has 0 radical (unpaired) electrons. The van der Waals surface area contributed by atoms with Crippen molar-refractivity contribution in [2.75, 3.05) is 11.9 Å². The highest BCUT2D eigenvalue weighted by atomic mass is 19.1. The smallest absolute Gasteiger partial charge is 0.340 e. The molecule has 0 spiro atoms. The highest BCUT2D eigenvalue weighted by Gasteiger charge is 2.33. The molecule has 168 valence electrons. The Morgan fingerprint density at radius 2 is 1.58 bits per heavy atom. The van der Waals surface area contributed by atoms with Crippen molar-refractivity contribution in [2.45, 2.75) is 25.4 Å².